The highest BCUT2D eigenvalue weighted by molar-refractivity contribution is 7.10. The molecular formula is C23H23NO5S. The van der Waals surface area contributed by atoms with Gasteiger partial charge in [0, 0.05) is 30.0 Å². The molecule has 3 atom stereocenters. The van der Waals surface area contributed by atoms with Gasteiger partial charge in [-0.25, -0.2) is 0 Å². The monoisotopic (exact) mass is 425 g/mol. The molecule has 156 valence electrons. The van der Waals surface area contributed by atoms with Crippen LogP contribution in [0.4, 0.5) is 0 Å². The van der Waals surface area contributed by atoms with Crippen LogP contribution < -0.4 is 4.74 Å². The average molecular weight is 426 g/mol. The van der Waals surface area contributed by atoms with Crippen molar-refractivity contribution in [2.75, 3.05) is 13.2 Å². The van der Waals surface area contributed by atoms with Crippen LogP contribution in [0.15, 0.2) is 41.3 Å². The van der Waals surface area contributed by atoms with Gasteiger partial charge in [-0.15, -0.1) is 11.3 Å². The number of Topliss-reactive ketones (excluding diaryl/α,β-unsaturated/α-hetero) is 1. The lowest BCUT2D eigenvalue weighted by Gasteiger charge is -2.26. The normalized spacial score (nSPS) is 27.5. The van der Waals surface area contributed by atoms with Crippen molar-refractivity contribution in [1.29, 1.82) is 0 Å². The lowest BCUT2D eigenvalue weighted by atomic mass is 9.98. The number of fused-ring (bicyclic) bond motifs is 1. The van der Waals surface area contributed by atoms with Gasteiger partial charge in [0.1, 0.15) is 17.6 Å². The Morgan fingerprint density at radius 3 is 2.90 bits per heavy atom. The third-order valence-corrected chi connectivity index (χ3v) is 6.87. The van der Waals surface area contributed by atoms with E-state index < -0.39 is 17.7 Å². The van der Waals surface area contributed by atoms with E-state index in [4.69, 9.17) is 9.47 Å². The minimum atomic E-state index is -0.644. The number of ketones is 1. The first-order chi connectivity index (χ1) is 14.5. The number of nitrogens with zero attached hydrogens (tertiary/aromatic N) is 1. The Bertz CT molecular complexity index is 1020. The van der Waals surface area contributed by atoms with Crippen LogP contribution in [0.1, 0.15) is 41.8 Å². The summed E-state index contributed by atoms with van der Waals surface area (Å²) in [6.45, 7) is 3.01. The summed E-state index contributed by atoms with van der Waals surface area (Å²) in [6.07, 6.45) is 2.57. The molecule has 2 saturated heterocycles. The fourth-order valence-corrected chi connectivity index (χ4v) is 5.39. The SMILES string of the molecule is CC1Cc2cc(C(O)=C3C(=O)C(=O)N(CC4CCCO4)C3c3cccs3)ccc2O1. The Morgan fingerprint density at radius 2 is 2.17 bits per heavy atom. The number of aliphatic hydroxyl groups excluding tert-OH is 1. The largest absolute Gasteiger partial charge is 0.507 e. The molecule has 3 aliphatic heterocycles. The van der Waals surface area contributed by atoms with Crippen molar-refractivity contribution in [3.05, 3.63) is 57.3 Å². The van der Waals surface area contributed by atoms with Crippen molar-refractivity contribution in [1.82, 2.24) is 4.90 Å². The standard InChI is InChI=1S/C23H23NO5S/c1-13-10-15-11-14(6-7-17(15)29-13)21(25)19-20(18-5-3-9-30-18)24(23(27)22(19)26)12-16-4-2-8-28-16/h3,5-7,9,11,13,16,20,25H,2,4,8,10,12H2,1H3. The molecule has 4 heterocycles. The fourth-order valence-electron chi connectivity index (χ4n) is 4.54. The van der Waals surface area contributed by atoms with E-state index in [0.717, 1.165) is 35.5 Å². The van der Waals surface area contributed by atoms with Crippen molar-refractivity contribution in [3.8, 4) is 5.75 Å². The zero-order valence-corrected chi connectivity index (χ0v) is 17.5. The minimum Gasteiger partial charge on any atom is -0.507 e. The van der Waals surface area contributed by atoms with E-state index in [1.54, 1.807) is 11.0 Å². The maximum Gasteiger partial charge on any atom is 0.295 e. The summed E-state index contributed by atoms with van der Waals surface area (Å²) in [6, 6.07) is 8.60. The molecular weight excluding hydrogens is 402 g/mol. The highest BCUT2D eigenvalue weighted by atomic mass is 32.1. The van der Waals surface area contributed by atoms with Crippen LogP contribution in [0, 0.1) is 0 Å². The second-order valence-electron chi connectivity index (χ2n) is 8.06. The van der Waals surface area contributed by atoms with E-state index in [2.05, 4.69) is 0 Å². The van der Waals surface area contributed by atoms with Crippen molar-refractivity contribution >= 4 is 28.8 Å². The second-order valence-corrected chi connectivity index (χ2v) is 9.04. The molecule has 0 radical (unpaired) electrons. The van der Waals surface area contributed by atoms with Gasteiger partial charge in [0.25, 0.3) is 11.7 Å². The summed E-state index contributed by atoms with van der Waals surface area (Å²) in [5.41, 5.74) is 1.67. The third-order valence-electron chi connectivity index (χ3n) is 5.95. The van der Waals surface area contributed by atoms with Gasteiger partial charge in [0.05, 0.1) is 17.7 Å². The van der Waals surface area contributed by atoms with Gasteiger partial charge in [-0.05, 0) is 55.0 Å². The van der Waals surface area contributed by atoms with Crippen LogP contribution in [0.25, 0.3) is 5.76 Å². The molecule has 1 aromatic carbocycles. The van der Waals surface area contributed by atoms with Gasteiger partial charge < -0.3 is 19.5 Å². The summed E-state index contributed by atoms with van der Waals surface area (Å²) >= 11 is 1.47. The molecule has 1 amide bonds. The summed E-state index contributed by atoms with van der Waals surface area (Å²) in [7, 11) is 0. The van der Waals surface area contributed by atoms with Crippen molar-refractivity contribution in [2.45, 2.75) is 44.4 Å². The highest BCUT2D eigenvalue weighted by Gasteiger charge is 2.47. The quantitative estimate of drug-likeness (QED) is 0.460. The van der Waals surface area contributed by atoms with E-state index in [0.29, 0.717) is 18.7 Å². The smallest absolute Gasteiger partial charge is 0.295 e. The molecule has 6 nitrogen and oxygen atoms in total. The lowest BCUT2D eigenvalue weighted by Crippen LogP contribution is -2.36. The topological polar surface area (TPSA) is 76.1 Å². The number of carbonyl (C=O) groups is 2. The van der Waals surface area contributed by atoms with Gasteiger partial charge in [-0.1, -0.05) is 6.07 Å². The zero-order chi connectivity index (χ0) is 20.8. The molecule has 0 aliphatic carbocycles. The molecule has 0 saturated carbocycles. The summed E-state index contributed by atoms with van der Waals surface area (Å²) in [5, 5.41) is 13.1. The highest BCUT2D eigenvalue weighted by Crippen LogP contribution is 2.42. The van der Waals surface area contributed by atoms with Crippen molar-refractivity contribution in [2.24, 2.45) is 0 Å². The lowest BCUT2D eigenvalue weighted by molar-refractivity contribution is -0.140. The number of benzene rings is 1. The molecule has 0 bridgehead atoms. The van der Waals surface area contributed by atoms with Gasteiger partial charge in [0.15, 0.2) is 0 Å². The molecule has 0 spiro atoms. The number of ether oxygens (including phenoxy) is 2. The van der Waals surface area contributed by atoms with E-state index in [9.17, 15) is 14.7 Å². The van der Waals surface area contributed by atoms with E-state index >= 15 is 0 Å². The maximum atomic E-state index is 13.0. The zero-order valence-electron chi connectivity index (χ0n) is 16.7. The first kappa shape index (κ1) is 19.3. The molecule has 7 heteroatoms. The van der Waals surface area contributed by atoms with Crippen LogP contribution in [0.3, 0.4) is 0 Å². The molecule has 30 heavy (non-hydrogen) atoms. The van der Waals surface area contributed by atoms with Gasteiger partial charge in [-0.3, -0.25) is 9.59 Å². The average Bonchev–Trinajstić information content (AvgIpc) is 3.51. The van der Waals surface area contributed by atoms with E-state index in [1.165, 1.54) is 11.3 Å². The predicted molar refractivity (Wildman–Crippen MR) is 113 cm³/mol. The van der Waals surface area contributed by atoms with Crippen LogP contribution in [-0.2, 0) is 20.7 Å². The minimum absolute atomic E-state index is 0.0793. The summed E-state index contributed by atoms with van der Waals surface area (Å²) in [4.78, 5) is 28.4. The first-order valence-electron chi connectivity index (χ1n) is 10.3. The van der Waals surface area contributed by atoms with Crippen LogP contribution in [0.2, 0.25) is 0 Å². The number of carbonyl (C=O) groups excluding carboxylic acids is 2. The molecule has 2 aromatic rings. The second kappa shape index (κ2) is 7.56. The van der Waals surface area contributed by atoms with Crippen molar-refractivity contribution in [3.63, 3.8) is 0 Å². The summed E-state index contributed by atoms with van der Waals surface area (Å²) in [5.74, 6) is -0.561. The van der Waals surface area contributed by atoms with E-state index in [1.807, 2.05) is 36.6 Å². The number of likely N-dealkylation sites (tertiary alicyclic amines) is 1. The number of hydrogen-bond donors (Lipinski definition) is 1. The Kier molecular flexibility index (Phi) is 4.87. The van der Waals surface area contributed by atoms with E-state index in [-0.39, 0.29) is 23.5 Å². The molecule has 2 fully saturated rings. The Balaban J connectivity index is 1.57. The molecule has 3 aliphatic rings. The first-order valence-corrected chi connectivity index (χ1v) is 11.1. The Hall–Kier alpha value is -2.64. The van der Waals surface area contributed by atoms with Crippen LogP contribution >= 0.6 is 11.3 Å². The Labute approximate surface area is 178 Å². The van der Waals surface area contributed by atoms with Crippen molar-refractivity contribution < 1.29 is 24.2 Å². The number of amides is 1. The fraction of sp³-hybridized carbons (Fsp3) is 0.391. The number of aliphatic hydroxyl groups is 1. The Morgan fingerprint density at radius 1 is 1.30 bits per heavy atom. The van der Waals surface area contributed by atoms with Gasteiger partial charge in [-0.2, -0.15) is 0 Å². The molecule has 1 aromatic heterocycles. The number of rotatable bonds is 4. The maximum absolute atomic E-state index is 13.0. The molecule has 3 unspecified atom stereocenters. The molecule has 5 rings (SSSR count). The van der Waals surface area contributed by atoms with Crippen LogP contribution in [0.5, 0.6) is 5.75 Å². The van der Waals surface area contributed by atoms with Crippen LogP contribution in [-0.4, -0.2) is 47.1 Å². The third kappa shape index (κ3) is 3.22. The predicted octanol–water partition coefficient (Wildman–Crippen LogP) is 3.67. The van der Waals surface area contributed by atoms with Gasteiger partial charge >= 0.3 is 0 Å². The summed E-state index contributed by atoms with van der Waals surface area (Å²) < 4.78 is 11.4. The number of hydrogen-bond acceptors (Lipinski definition) is 6. The molecule has 1 N–H and O–H groups in total. The van der Waals surface area contributed by atoms with Gasteiger partial charge in [0.2, 0.25) is 0 Å². The number of thiophene rings is 1.